The third kappa shape index (κ3) is 1.50. The van der Waals surface area contributed by atoms with Gasteiger partial charge >= 0.3 is 5.97 Å². The van der Waals surface area contributed by atoms with E-state index in [2.05, 4.69) is 5.10 Å². The van der Waals surface area contributed by atoms with Crippen LogP contribution in [0.25, 0.3) is 0 Å². The maximum Gasteiger partial charge on any atom is 0.358 e. The van der Waals surface area contributed by atoms with Crippen molar-refractivity contribution in [2.75, 3.05) is 12.0 Å². The van der Waals surface area contributed by atoms with Crippen molar-refractivity contribution in [2.45, 2.75) is 25.0 Å². The first-order valence-corrected chi connectivity index (χ1v) is 7.18. The van der Waals surface area contributed by atoms with Gasteiger partial charge in [0.2, 0.25) is 11.8 Å². The first kappa shape index (κ1) is 13.4. The predicted molar refractivity (Wildman–Crippen MR) is 71.9 cm³/mol. The molecule has 8 heteroatoms. The van der Waals surface area contributed by atoms with Crippen LogP contribution in [0.1, 0.15) is 23.3 Å². The van der Waals surface area contributed by atoms with E-state index in [4.69, 9.17) is 9.47 Å². The number of rotatable bonds is 2. The fraction of sp³-hybridized carbons (Fsp3) is 0.571. The van der Waals surface area contributed by atoms with Gasteiger partial charge in [0.05, 0.1) is 37.4 Å². The molecule has 4 rings (SSSR count). The van der Waals surface area contributed by atoms with E-state index in [9.17, 15) is 14.4 Å². The highest BCUT2D eigenvalue weighted by Gasteiger charge is 2.63. The van der Waals surface area contributed by atoms with E-state index in [-0.39, 0.29) is 35.4 Å². The van der Waals surface area contributed by atoms with Gasteiger partial charge in [-0.2, -0.15) is 5.10 Å². The highest BCUT2D eigenvalue weighted by Crippen LogP contribution is 2.49. The Labute approximate surface area is 126 Å². The lowest BCUT2D eigenvalue weighted by Crippen LogP contribution is -2.35. The topological polar surface area (TPSA) is 90.7 Å². The molecule has 0 saturated carbocycles. The van der Waals surface area contributed by atoms with Crippen molar-refractivity contribution in [3.63, 3.8) is 0 Å². The standard InChI is InChI=1S/C14H15N3O5/c1-16-11(14(20)21-2)6(5-15-16)17-12(18)9-7-3-4-8(22-7)10(9)13(17)19/h5,7-10H,3-4H2,1-2H3/t7-,8-,9+,10+/m1/s1. The number of methoxy groups -OCH3 is 1. The number of aryl methyl sites for hydroxylation is 1. The van der Waals surface area contributed by atoms with Gasteiger partial charge in [-0.3, -0.25) is 14.3 Å². The molecular weight excluding hydrogens is 290 g/mol. The zero-order chi connectivity index (χ0) is 15.6. The van der Waals surface area contributed by atoms with Crippen LogP contribution in [0, 0.1) is 11.8 Å². The highest BCUT2D eigenvalue weighted by atomic mass is 16.5. The van der Waals surface area contributed by atoms with E-state index < -0.39 is 17.8 Å². The molecule has 0 radical (unpaired) electrons. The largest absolute Gasteiger partial charge is 0.464 e. The summed E-state index contributed by atoms with van der Waals surface area (Å²) < 4.78 is 11.7. The number of carbonyl (C=O) groups excluding carboxylic acids is 3. The average molecular weight is 305 g/mol. The van der Waals surface area contributed by atoms with Gasteiger partial charge in [-0.15, -0.1) is 0 Å². The molecule has 4 heterocycles. The molecule has 3 aliphatic heterocycles. The molecule has 0 aliphatic carbocycles. The second-order valence-corrected chi connectivity index (χ2v) is 5.85. The summed E-state index contributed by atoms with van der Waals surface area (Å²) in [6, 6.07) is 0. The molecule has 0 N–H and O–H groups in total. The number of aromatic nitrogens is 2. The number of nitrogens with zero attached hydrogens (tertiary/aromatic N) is 3. The van der Waals surface area contributed by atoms with Crippen molar-refractivity contribution >= 4 is 23.5 Å². The van der Waals surface area contributed by atoms with Gasteiger partial charge in [-0.25, -0.2) is 9.69 Å². The molecule has 3 saturated heterocycles. The fourth-order valence-corrected chi connectivity index (χ4v) is 3.87. The maximum atomic E-state index is 12.7. The lowest BCUT2D eigenvalue weighted by atomic mass is 9.81. The van der Waals surface area contributed by atoms with Crippen LogP contribution in [0.2, 0.25) is 0 Å². The normalized spacial score (nSPS) is 32.7. The van der Waals surface area contributed by atoms with E-state index in [1.807, 2.05) is 0 Å². The molecule has 0 aromatic carbocycles. The lowest BCUT2D eigenvalue weighted by Gasteiger charge is -2.17. The van der Waals surface area contributed by atoms with Gasteiger partial charge in [-0.1, -0.05) is 0 Å². The summed E-state index contributed by atoms with van der Waals surface area (Å²) in [5.74, 6) is -2.11. The van der Waals surface area contributed by atoms with E-state index in [1.165, 1.54) is 18.0 Å². The summed E-state index contributed by atoms with van der Waals surface area (Å²) in [6.07, 6.45) is 2.58. The second kappa shape index (κ2) is 4.39. The molecule has 2 amide bonds. The Hall–Kier alpha value is -2.22. The van der Waals surface area contributed by atoms with Crippen molar-refractivity contribution in [1.82, 2.24) is 9.78 Å². The van der Waals surface area contributed by atoms with Crippen LogP contribution in [-0.4, -0.2) is 46.9 Å². The van der Waals surface area contributed by atoms with Crippen molar-refractivity contribution in [3.05, 3.63) is 11.9 Å². The number of imide groups is 1. The summed E-state index contributed by atoms with van der Waals surface area (Å²) in [4.78, 5) is 38.4. The molecule has 3 fully saturated rings. The summed E-state index contributed by atoms with van der Waals surface area (Å²) in [5.41, 5.74) is 0.288. The van der Waals surface area contributed by atoms with Crippen LogP contribution < -0.4 is 4.90 Å². The second-order valence-electron chi connectivity index (χ2n) is 5.85. The molecule has 22 heavy (non-hydrogen) atoms. The fourth-order valence-electron chi connectivity index (χ4n) is 3.87. The van der Waals surface area contributed by atoms with E-state index in [1.54, 1.807) is 7.05 Å². The number of esters is 1. The minimum atomic E-state index is -0.633. The van der Waals surface area contributed by atoms with Crippen LogP contribution in [0.3, 0.4) is 0 Å². The smallest absolute Gasteiger partial charge is 0.358 e. The summed E-state index contributed by atoms with van der Waals surface area (Å²) in [6.45, 7) is 0. The number of hydrogen-bond donors (Lipinski definition) is 0. The van der Waals surface area contributed by atoms with Gasteiger partial charge in [-0.05, 0) is 12.8 Å². The van der Waals surface area contributed by atoms with Gasteiger partial charge in [0, 0.05) is 7.05 Å². The Morgan fingerprint density at radius 1 is 1.27 bits per heavy atom. The molecule has 2 bridgehead atoms. The molecule has 1 aromatic heterocycles. The Morgan fingerprint density at radius 2 is 1.86 bits per heavy atom. The van der Waals surface area contributed by atoms with Gasteiger partial charge in [0.15, 0.2) is 5.69 Å². The van der Waals surface area contributed by atoms with E-state index >= 15 is 0 Å². The molecule has 8 nitrogen and oxygen atoms in total. The minimum absolute atomic E-state index is 0.0949. The molecule has 116 valence electrons. The number of carbonyl (C=O) groups is 3. The molecule has 3 aliphatic rings. The summed E-state index contributed by atoms with van der Waals surface area (Å²) in [5, 5.41) is 3.99. The van der Waals surface area contributed by atoms with Crippen molar-refractivity contribution in [1.29, 1.82) is 0 Å². The maximum absolute atomic E-state index is 12.7. The van der Waals surface area contributed by atoms with E-state index in [0.717, 1.165) is 17.7 Å². The highest BCUT2D eigenvalue weighted by molar-refractivity contribution is 6.24. The van der Waals surface area contributed by atoms with Gasteiger partial charge in [0.1, 0.15) is 5.69 Å². The zero-order valence-electron chi connectivity index (χ0n) is 12.2. The Balaban J connectivity index is 1.77. The average Bonchev–Trinajstić information content (AvgIpc) is 3.23. The van der Waals surface area contributed by atoms with Crippen LogP contribution in [0.15, 0.2) is 6.20 Å². The van der Waals surface area contributed by atoms with E-state index in [0.29, 0.717) is 0 Å². The number of fused-ring (bicyclic) bond motifs is 5. The summed E-state index contributed by atoms with van der Waals surface area (Å²) >= 11 is 0. The van der Waals surface area contributed by atoms with Gasteiger partial charge < -0.3 is 9.47 Å². The number of hydrogen-bond acceptors (Lipinski definition) is 6. The minimum Gasteiger partial charge on any atom is -0.464 e. The zero-order valence-corrected chi connectivity index (χ0v) is 12.2. The Kier molecular flexibility index (Phi) is 2.68. The van der Waals surface area contributed by atoms with Crippen LogP contribution in [0.5, 0.6) is 0 Å². The number of amides is 2. The molecule has 0 spiro atoms. The first-order chi connectivity index (χ1) is 10.5. The molecule has 1 aromatic rings. The third-order valence-electron chi connectivity index (χ3n) is 4.82. The van der Waals surface area contributed by atoms with Crippen molar-refractivity contribution < 1.29 is 23.9 Å². The van der Waals surface area contributed by atoms with Gasteiger partial charge in [0.25, 0.3) is 0 Å². The Bertz CT molecular complexity index is 669. The molecule has 4 atom stereocenters. The third-order valence-corrected chi connectivity index (χ3v) is 4.82. The van der Waals surface area contributed by atoms with Crippen LogP contribution >= 0.6 is 0 Å². The number of anilines is 1. The van der Waals surface area contributed by atoms with Crippen LogP contribution in [0.4, 0.5) is 5.69 Å². The molecule has 0 unspecified atom stereocenters. The van der Waals surface area contributed by atoms with Crippen molar-refractivity contribution in [2.24, 2.45) is 18.9 Å². The molecular formula is C14H15N3O5. The Morgan fingerprint density at radius 3 is 2.41 bits per heavy atom. The van der Waals surface area contributed by atoms with Crippen molar-refractivity contribution in [3.8, 4) is 0 Å². The quantitative estimate of drug-likeness (QED) is 0.558. The summed E-state index contributed by atoms with van der Waals surface area (Å²) in [7, 11) is 2.81. The SMILES string of the molecule is COC(=O)c1c(N2C(=O)[C@@H]3[C@@H](C2=O)[C@H]2CC[C@H]3O2)cnn1C. The first-order valence-electron chi connectivity index (χ1n) is 7.18. The number of ether oxygens (including phenoxy) is 2. The lowest BCUT2D eigenvalue weighted by molar-refractivity contribution is -0.124. The monoisotopic (exact) mass is 305 g/mol. The predicted octanol–water partition coefficient (Wildman–Crippen LogP) is -0.127. The van der Waals surface area contributed by atoms with Crippen LogP contribution in [-0.2, 0) is 26.1 Å².